The van der Waals surface area contributed by atoms with Crippen LogP contribution in [0.3, 0.4) is 0 Å². The third-order valence-electron chi connectivity index (χ3n) is 5.71. The molecular weight excluding hydrogens is 282 g/mol. The molecule has 0 aromatic heterocycles. The lowest BCUT2D eigenvalue weighted by Crippen LogP contribution is -2.50. The number of ether oxygens (including phenoxy) is 3. The molecule has 1 saturated heterocycles. The molecule has 4 atom stereocenters. The highest BCUT2D eigenvalue weighted by atomic mass is 16.7. The summed E-state index contributed by atoms with van der Waals surface area (Å²) in [5.41, 5.74) is 1.95. The van der Waals surface area contributed by atoms with Gasteiger partial charge in [-0.25, -0.2) is 0 Å². The normalized spacial score (nSPS) is 36.9. The largest absolute Gasteiger partial charge is 0.492 e. The second kappa shape index (κ2) is 4.18. The Morgan fingerprint density at radius 2 is 2.32 bits per heavy atom. The maximum Gasteiger partial charge on any atom is 0.231 e. The topological polar surface area (TPSA) is 51.2 Å². The molecule has 22 heavy (non-hydrogen) atoms. The van der Waals surface area contributed by atoms with E-state index < -0.39 is 0 Å². The zero-order chi connectivity index (χ0) is 14.9. The first-order valence-electron chi connectivity index (χ1n) is 7.85. The average Bonchev–Trinajstić information content (AvgIpc) is 3.08. The van der Waals surface area contributed by atoms with Crippen molar-refractivity contribution in [2.24, 2.45) is 0 Å². The summed E-state index contributed by atoms with van der Waals surface area (Å²) >= 11 is 0. The lowest BCUT2D eigenvalue weighted by molar-refractivity contribution is 0.129. The molecule has 5 rings (SSSR count). The number of benzene rings is 1. The van der Waals surface area contributed by atoms with Crippen LogP contribution in [0.25, 0.3) is 0 Å². The predicted molar refractivity (Wildman–Crippen MR) is 79.4 cm³/mol. The summed E-state index contributed by atoms with van der Waals surface area (Å²) in [4.78, 5) is 2.39. The van der Waals surface area contributed by atoms with Crippen molar-refractivity contribution >= 4 is 0 Å². The van der Waals surface area contributed by atoms with Crippen LogP contribution in [0, 0.1) is 0 Å². The molecule has 3 aliphatic heterocycles. The van der Waals surface area contributed by atoms with Crippen molar-refractivity contribution in [2.45, 2.75) is 36.9 Å². The van der Waals surface area contributed by atoms with E-state index in [1.807, 2.05) is 0 Å². The van der Waals surface area contributed by atoms with Crippen LogP contribution in [0.2, 0.25) is 0 Å². The van der Waals surface area contributed by atoms with Crippen molar-refractivity contribution in [1.82, 2.24) is 4.90 Å². The van der Waals surface area contributed by atoms with Gasteiger partial charge in [-0.05, 0) is 24.5 Å². The van der Waals surface area contributed by atoms with Gasteiger partial charge in [0.15, 0.2) is 11.5 Å². The molecule has 3 heterocycles. The fourth-order valence-corrected chi connectivity index (χ4v) is 4.84. The third-order valence-corrected chi connectivity index (χ3v) is 5.71. The fourth-order valence-electron chi connectivity index (χ4n) is 4.84. The van der Waals surface area contributed by atoms with Crippen LogP contribution in [0.5, 0.6) is 17.2 Å². The molecular formula is C17H19NO4. The molecule has 4 unspecified atom stereocenters. The van der Waals surface area contributed by atoms with Crippen molar-refractivity contribution in [1.29, 1.82) is 0 Å². The van der Waals surface area contributed by atoms with Gasteiger partial charge in [0, 0.05) is 24.7 Å². The van der Waals surface area contributed by atoms with E-state index in [-0.39, 0.29) is 18.3 Å². The van der Waals surface area contributed by atoms with Crippen LogP contribution < -0.4 is 14.2 Å². The molecule has 1 aromatic carbocycles. The van der Waals surface area contributed by atoms with Gasteiger partial charge in [-0.3, -0.25) is 4.90 Å². The highest BCUT2D eigenvalue weighted by Gasteiger charge is 2.58. The van der Waals surface area contributed by atoms with Gasteiger partial charge in [-0.15, -0.1) is 0 Å². The monoisotopic (exact) mass is 301 g/mol. The van der Waals surface area contributed by atoms with E-state index in [1.165, 1.54) is 0 Å². The Kier molecular flexibility index (Phi) is 2.43. The van der Waals surface area contributed by atoms with Crippen molar-refractivity contribution in [3.05, 3.63) is 29.3 Å². The fraction of sp³-hybridized carbons (Fsp3) is 0.529. The standard InChI is InChI=1S/C17H19NO4/c1-20-15-10-7-18-8-14(19)17(5-3-2-4-13(17)18)11(10)6-12-16(15)22-9-21-12/h3,5-6,13-14,19H,2,4,7-9H2,1H3. The summed E-state index contributed by atoms with van der Waals surface area (Å²) in [6.07, 6.45) is 6.19. The van der Waals surface area contributed by atoms with Crippen LogP contribution >= 0.6 is 0 Å². The van der Waals surface area contributed by atoms with Gasteiger partial charge in [0.1, 0.15) is 0 Å². The first-order valence-corrected chi connectivity index (χ1v) is 7.85. The Morgan fingerprint density at radius 3 is 3.18 bits per heavy atom. The Bertz CT molecular complexity index is 686. The first-order chi connectivity index (χ1) is 10.8. The molecule has 1 fully saturated rings. The molecule has 116 valence electrons. The van der Waals surface area contributed by atoms with Crippen LogP contribution in [-0.2, 0) is 12.0 Å². The van der Waals surface area contributed by atoms with E-state index in [0.717, 1.165) is 42.0 Å². The summed E-state index contributed by atoms with van der Waals surface area (Å²) in [5.74, 6) is 2.20. The number of methoxy groups -OCH3 is 1. The zero-order valence-electron chi connectivity index (χ0n) is 12.5. The molecule has 1 aliphatic carbocycles. The molecule has 4 aliphatic rings. The quantitative estimate of drug-likeness (QED) is 0.798. The highest BCUT2D eigenvalue weighted by Crippen LogP contribution is 2.56. The van der Waals surface area contributed by atoms with Crippen molar-refractivity contribution < 1.29 is 19.3 Å². The minimum Gasteiger partial charge on any atom is -0.492 e. The summed E-state index contributed by atoms with van der Waals surface area (Å²) < 4.78 is 16.8. The van der Waals surface area contributed by atoms with Gasteiger partial charge in [-0.1, -0.05) is 12.2 Å². The Labute approximate surface area is 129 Å². The number of hydrogen-bond donors (Lipinski definition) is 1. The van der Waals surface area contributed by atoms with Crippen LogP contribution in [0.15, 0.2) is 18.2 Å². The van der Waals surface area contributed by atoms with Crippen molar-refractivity contribution in [3.8, 4) is 17.2 Å². The van der Waals surface area contributed by atoms with Gasteiger partial charge in [0.05, 0.1) is 18.6 Å². The maximum atomic E-state index is 10.8. The van der Waals surface area contributed by atoms with E-state index in [9.17, 15) is 5.11 Å². The lowest BCUT2D eigenvalue weighted by atomic mass is 9.65. The highest BCUT2D eigenvalue weighted by molar-refractivity contribution is 5.64. The number of allylic oxidation sites excluding steroid dienone is 1. The van der Waals surface area contributed by atoms with E-state index in [1.54, 1.807) is 7.11 Å². The minimum atomic E-state index is -0.389. The molecule has 1 aromatic rings. The van der Waals surface area contributed by atoms with E-state index >= 15 is 0 Å². The van der Waals surface area contributed by atoms with Crippen molar-refractivity contribution in [3.63, 3.8) is 0 Å². The average molecular weight is 301 g/mol. The van der Waals surface area contributed by atoms with Crippen LogP contribution in [0.1, 0.15) is 24.0 Å². The van der Waals surface area contributed by atoms with Gasteiger partial charge < -0.3 is 19.3 Å². The second-order valence-electron chi connectivity index (χ2n) is 6.54. The number of rotatable bonds is 1. The van der Waals surface area contributed by atoms with Gasteiger partial charge in [0.2, 0.25) is 12.5 Å². The second-order valence-corrected chi connectivity index (χ2v) is 6.54. The molecule has 5 heteroatoms. The Balaban J connectivity index is 1.82. The van der Waals surface area contributed by atoms with E-state index in [0.29, 0.717) is 18.3 Å². The van der Waals surface area contributed by atoms with Gasteiger partial charge in [0.25, 0.3) is 0 Å². The Hall–Kier alpha value is -1.72. The molecule has 0 saturated carbocycles. The molecule has 0 amide bonds. The number of hydrogen-bond acceptors (Lipinski definition) is 5. The number of nitrogens with zero attached hydrogens (tertiary/aromatic N) is 1. The van der Waals surface area contributed by atoms with E-state index in [4.69, 9.17) is 14.2 Å². The lowest BCUT2D eigenvalue weighted by Gasteiger charge is -2.45. The number of aliphatic hydroxyl groups is 1. The number of aliphatic hydroxyl groups excluding tert-OH is 1. The van der Waals surface area contributed by atoms with Gasteiger partial charge >= 0.3 is 0 Å². The third kappa shape index (κ3) is 1.32. The summed E-state index contributed by atoms with van der Waals surface area (Å²) in [6.45, 7) is 1.73. The minimum absolute atomic E-state index is 0.229. The smallest absolute Gasteiger partial charge is 0.231 e. The maximum absolute atomic E-state index is 10.8. The Morgan fingerprint density at radius 1 is 1.41 bits per heavy atom. The summed E-state index contributed by atoms with van der Waals surface area (Å²) in [7, 11) is 1.67. The summed E-state index contributed by atoms with van der Waals surface area (Å²) in [5, 5.41) is 10.8. The van der Waals surface area contributed by atoms with Crippen LogP contribution in [-0.4, -0.2) is 42.6 Å². The summed E-state index contributed by atoms with van der Waals surface area (Å²) in [6, 6.07) is 2.43. The van der Waals surface area contributed by atoms with E-state index in [2.05, 4.69) is 23.1 Å². The molecule has 0 radical (unpaired) electrons. The SMILES string of the molecule is COc1c2c(cc3c1OCO3)C13C=CCCC1N(C2)CC3O. The zero-order valence-corrected chi connectivity index (χ0v) is 12.5. The van der Waals surface area contributed by atoms with Crippen LogP contribution in [0.4, 0.5) is 0 Å². The number of fused-ring (bicyclic) bond motifs is 2. The molecule has 2 bridgehead atoms. The van der Waals surface area contributed by atoms with Gasteiger partial charge in [-0.2, -0.15) is 0 Å². The molecule has 0 spiro atoms. The van der Waals surface area contributed by atoms with Crippen molar-refractivity contribution in [2.75, 3.05) is 20.4 Å². The molecule has 5 nitrogen and oxygen atoms in total. The first kappa shape index (κ1) is 12.8. The predicted octanol–water partition coefficient (Wildman–Crippen LogP) is 1.57. The molecule has 1 N–H and O–H groups in total.